The molecule has 0 heterocycles. The van der Waals surface area contributed by atoms with E-state index in [1.165, 1.54) is 36.1 Å². The van der Waals surface area contributed by atoms with Crippen LogP contribution in [-0.2, 0) is 0 Å². The second kappa shape index (κ2) is 6.77. The number of hydrazone groups is 1. The summed E-state index contributed by atoms with van der Waals surface area (Å²) in [5.74, 6) is 0. The first kappa shape index (κ1) is 16.1. The second-order valence-electron chi connectivity index (χ2n) is 6.03. The summed E-state index contributed by atoms with van der Waals surface area (Å²) in [5, 5.41) is 26.3. The molecule has 2 aliphatic rings. The van der Waals surface area contributed by atoms with Crippen molar-refractivity contribution < 1.29 is 9.85 Å². The molecule has 2 aliphatic carbocycles. The number of hydrogen-bond acceptors (Lipinski definition) is 6. The number of nitrogens with one attached hydrogen (secondary N) is 1. The molecule has 0 amide bonds. The van der Waals surface area contributed by atoms with Crippen molar-refractivity contribution in [3.8, 4) is 0 Å². The topological polar surface area (TPSA) is 111 Å². The molecule has 8 heteroatoms. The second-order valence-corrected chi connectivity index (χ2v) is 6.03. The quantitative estimate of drug-likeness (QED) is 0.652. The van der Waals surface area contributed by atoms with Gasteiger partial charge < -0.3 is 0 Å². The summed E-state index contributed by atoms with van der Waals surface area (Å²) in [6, 6.07) is 3.52. The van der Waals surface area contributed by atoms with E-state index in [2.05, 4.69) is 10.5 Å². The first-order valence-corrected chi connectivity index (χ1v) is 8.03. The average Bonchev–Trinajstić information content (AvgIpc) is 3.23. The molecule has 2 saturated carbocycles. The summed E-state index contributed by atoms with van der Waals surface area (Å²) in [5.41, 5.74) is 5.97. The number of non-ortho nitro benzene ring substituents is 1. The Bertz CT molecular complexity index is 746. The fourth-order valence-corrected chi connectivity index (χ4v) is 3.34. The molecule has 0 atom stereocenters. The SMILES string of the molecule is O=[N+]([O-])c1ccc(N/N=C2/CCCC2=C2CCCC2)c([N+](=O)[O-])c1. The van der Waals surface area contributed by atoms with Crippen LogP contribution in [0.2, 0.25) is 0 Å². The molecule has 0 aliphatic heterocycles. The highest BCUT2D eigenvalue weighted by Crippen LogP contribution is 2.35. The minimum atomic E-state index is -0.651. The number of nitro benzene ring substituents is 2. The Kier molecular flexibility index (Phi) is 4.54. The van der Waals surface area contributed by atoms with Gasteiger partial charge >= 0.3 is 5.69 Å². The van der Waals surface area contributed by atoms with Gasteiger partial charge in [-0.25, -0.2) is 0 Å². The molecule has 8 nitrogen and oxygen atoms in total. The summed E-state index contributed by atoms with van der Waals surface area (Å²) in [7, 11) is 0. The van der Waals surface area contributed by atoms with Gasteiger partial charge in [0.25, 0.3) is 5.69 Å². The van der Waals surface area contributed by atoms with Crippen LogP contribution >= 0.6 is 0 Å². The van der Waals surface area contributed by atoms with E-state index in [4.69, 9.17) is 0 Å². The predicted molar refractivity (Wildman–Crippen MR) is 90.2 cm³/mol. The van der Waals surface area contributed by atoms with Crippen molar-refractivity contribution >= 4 is 22.8 Å². The van der Waals surface area contributed by atoms with E-state index in [9.17, 15) is 20.2 Å². The van der Waals surface area contributed by atoms with Crippen LogP contribution in [0.15, 0.2) is 34.4 Å². The van der Waals surface area contributed by atoms with Crippen molar-refractivity contribution in [3.05, 3.63) is 49.6 Å². The first-order chi connectivity index (χ1) is 11.6. The zero-order chi connectivity index (χ0) is 17.1. The zero-order valence-corrected chi connectivity index (χ0v) is 13.2. The molecule has 0 radical (unpaired) electrons. The number of hydrogen-bond donors (Lipinski definition) is 1. The molecule has 1 N–H and O–H groups in total. The van der Waals surface area contributed by atoms with E-state index >= 15 is 0 Å². The highest BCUT2D eigenvalue weighted by Gasteiger charge is 2.23. The molecule has 0 bridgehead atoms. The van der Waals surface area contributed by atoms with E-state index in [0.717, 1.165) is 43.9 Å². The molecule has 126 valence electrons. The number of allylic oxidation sites excluding steroid dienone is 2. The van der Waals surface area contributed by atoms with Crippen LogP contribution in [0.4, 0.5) is 17.1 Å². The Morgan fingerprint density at radius 2 is 1.71 bits per heavy atom. The molecule has 0 saturated heterocycles. The summed E-state index contributed by atoms with van der Waals surface area (Å²) in [4.78, 5) is 20.6. The molecular weight excluding hydrogens is 312 g/mol. The smallest absolute Gasteiger partial charge is 0.271 e. The number of anilines is 1. The molecule has 24 heavy (non-hydrogen) atoms. The summed E-state index contributed by atoms with van der Waals surface area (Å²) in [6.07, 6.45) is 7.57. The standard InChI is InChI=1S/C16H18N4O4/c21-19(22)12-8-9-15(16(10-12)20(23)24)18-17-14-7-3-6-13(14)11-4-1-2-5-11/h8-10,18H,1-7H2/b17-14-. The molecule has 0 aromatic heterocycles. The Balaban J connectivity index is 1.87. The Morgan fingerprint density at radius 1 is 0.958 bits per heavy atom. The number of benzene rings is 1. The lowest BCUT2D eigenvalue weighted by molar-refractivity contribution is -0.393. The molecule has 0 spiro atoms. The Labute approximate surface area is 138 Å². The van der Waals surface area contributed by atoms with Gasteiger partial charge in [-0.15, -0.1) is 0 Å². The van der Waals surface area contributed by atoms with Gasteiger partial charge in [0.1, 0.15) is 5.69 Å². The van der Waals surface area contributed by atoms with Gasteiger partial charge in [-0.3, -0.25) is 25.7 Å². The lowest BCUT2D eigenvalue weighted by Crippen LogP contribution is -2.03. The zero-order valence-electron chi connectivity index (χ0n) is 13.2. The maximum Gasteiger partial charge on any atom is 0.301 e. The van der Waals surface area contributed by atoms with E-state index < -0.39 is 9.85 Å². The van der Waals surface area contributed by atoms with Crippen molar-refractivity contribution in [2.24, 2.45) is 5.10 Å². The summed E-state index contributed by atoms with van der Waals surface area (Å²) >= 11 is 0. The van der Waals surface area contributed by atoms with Gasteiger partial charge in [0.2, 0.25) is 0 Å². The average molecular weight is 330 g/mol. The summed E-state index contributed by atoms with van der Waals surface area (Å²) < 4.78 is 0. The molecule has 1 aromatic rings. The van der Waals surface area contributed by atoms with Crippen molar-refractivity contribution in [1.29, 1.82) is 0 Å². The van der Waals surface area contributed by atoms with Crippen LogP contribution in [0.5, 0.6) is 0 Å². The normalized spacial score (nSPS) is 19.1. The minimum Gasteiger partial charge on any atom is -0.271 e. The third-order valence-corrected chi connectivity index (χ3v) is 4.52. The molecule has 1 aromatic carbocycles. The molecule has 3 rings (SSSR count). The number of nitrogens with zero attached hydrogens (tertiary/aromatic N) is 3. The third kappa shape index (κ3) is 3.27. The molecule has 0 unspecified atom stereocenters. The third-order valence-electron chi connectivity index (χ3n) is 4.52. The highest BCUT2D eigenvalue weighted by atomic mass is 16.6. The van der Waals surface area contributed by atoms with Crippen LogP contribution < -0.4 is 5.43 Å². The van der Waals surface area contributed by atoms with Crippen LogP contribution in [0.3, 0.4) is 0 Å². The van der Waals surface area contributed by atoms with Gasteiger partial charge in [-0.05, 0) is 56.6 Å². The largest absolute Gasteiger partial charge is 0.301 e. The van der Waals surface area contributed by atoms with E-state index in [1.807, 2.05) is 0 Å². The van der Waals surface area contributed by atoms with Crippen LogP contribution in [0, 0.1) is 20.2 Å². The fourth-order valence-electron chi connectivity index (χ4n) is 3.34. The maximum atomic E-state index is 11.2. The van der Waals surface area contributed by atoms with Crippen LogP contribution in [0.25, 0.3) is 0 Å². The van der Waals surface area contributed by atoms with Crippen molar-refractivity contribution in [1.82, 2.24) is 0 Å². The minimum absolute atomic E-state index is 0.167. The highest BCUT2D eigenvalue weighted by molar-refractivity contribution is 6.03. The number of nitro groups is 2. The van der Waals surface area contributed by atoms with Crippen molar-refractivity contribution in [2.45, 2.75) is 44.9 Å². The van der Waals surface area contributed by atoms with E-state index in [0.29, 0.717) is 0 Å². The Morgan fingerprint density at radius 3 is 2.38 bits per heavy atom. The summed E-state index contributed by atoms with van der Waals surface area (Å²) in [6.45, 7) is 0. The van der Waals surface area contributed by atoms with Crippen molar-refractivity contribution in [2.75, 3.05) is 5.43 Å². The van der Waals surface area contributed by atoms with Crippen LogP contribution in [0.1, 0.15) is 44.9 Å². The van der Waals surface area contributed by atoms with E-state index in [-0.39, 0.29) is 17.1 Å². The lowest BCUT2D eigenvalue weighted by atomic mass is 10.0. The first-order valence-electron chi connectivity index (χ1n) is 8.03. The fraction of sp³-hybridized carbons (Fsp3) is 0.438. The van der Waals surface area contributed by atoms with Gasteiger partial charge in [-0.1, -0.05) is 5.57 Å². The lowest BCUT2D eigenvalue weighted by Gasteiger charge is -2.07. The van der Waals surface area contributed by atoms with Gasteiger partial charge in [0, 0.05) is 6.07 Å². The van der Waals surface area contributed by atoms with Gasteiger partial charge in [0.05, 0.1) is 21.6 Å². The Hall–Kier alpha value is -2.77. The maximum absolute atomic E-state index is 11.2. The molecular formula is C16H18N4O4. The monoisotopic (exact) mass is 330 g/mol. The molecule has 2 fully saturated rings. The van der Waals surface area contributed by atoms with E-state index in [1.54, 1.807) is 0 Å². The van der Waals surface area contributed by atoms with Gasteiger partial charge in [0.15, 0.2) is 0 Å². The number of rotatable bonds is 4. The van der Waals surface area contributed by atoms with Crippen LogP contribution in [-0.4, -0.2) is 15.6 Å². The van der Waals surface area contributed by atoms with Crippen molar-refractivity contribution in [3.63, 3.8) is 0 Å². The van der Waals surface area contributed by atoms with Gasteiger partial charge in [-0.2, -0.15) is 5.10 Å². The predicted octanol–water partition coefficient (Wildman–Crippen LogP) is 4.33.